The van der Waals surface area contributed by atoms with Crippen LogP contribution in [-0.2, 0) is 17.8 Å². The summed E-state index contributed by atoms with van der Waals surface area (Å²) in [5.74, 6) is 1.45. The fourth-order valence-corrected chi connectivity index (χ4v) is 2.84. The van der Waals surface area contributed by atoms with E-state index in [1.807, 2.05) is 30.9 Å². The van der Waals surface area contributed by atoms with Crippen LogP contribution in [-0.4, -0.2) is 48.3 Å². The molecule has 3 N–H and O–H groups in total. The van der Waals surface area contributed by atoms with Gasteiger partial charge in [-0.05, 0) is 35.6 Å². The maximum atomic E-state index is 11.6. The predicted molar refractivity (Wildman–Crippen MR) is 92.1 cm³/mol. The number of carbonyl (C=O) groups excluding carboxylic acids is 1. The molecular formula is C18H28N2O4. The molecule has 1 amide bonds. The Hall–Kier alpha value is -1.79. The number of benzene rings is 1. The Morgan fingerprint density at radius 3 is 2.58 bits per heavy atom. The quantitative estimate of drug-likeness (QED) is 0.818. The summed E-state index contributed by atoms with van der Waals surface area (Å²) >= 11 is 0. The van der Waals surface area contributed by atoms with Crippen molar-refractivity contribution in [1.29, 1.82) is 0 Å². The summed E-state index contributed by atoms with van der Waals surface area (Å²) < 4.78 is 11.2. The van der Waals surface area contributed by atoms with Crippen LogP contribution in [0.2, 0.25) is 0 Å². The van der Waals surface area contributed by atoms with E-state index in [2.05, 4.69) is 0 Å². The molecule has 1 aromatic carbocycles. The van der Waals surface area contributed by atoms with Crippen LogP contribution in [0.1, 0.15) is 31.9 Å². The molecule has 0 spiro atoms. The predicted octanol–water partition coefficient (Wildman–Crippen LogP) is 1.32. The molecule has 134 valence electrons. The minimum atomic E-state index is -0.737. The average molecular weight is 336 g/mol. The summed E-state index contributed by atoms with van der Waals surface area (Å²) in [5.41, 5.74) is 8.16. The van der Waals surface area contributed by atoms with Crippen LogP contribution in [0.4, 0.5) is 0 Å². The lowest BCUT2D eigenvalue weighted by molar-refractivity contribution is -0.129. The first-order valence-electron chi connectivity index (χ1n) is 8.35. The molecule has 1 aromatic rings. The maximum Gasteiger partial charge on any atom is 0.219 e. The highest BCUT2D eigenvalue weighted by Gasteiger charge is 2.23. The smallest absolute Gasteiger partial charge is 0.219 e. The zero-order valence-electron chi connectivity index (χ0n) is 14.9. The van der Waals surface area contributed by atoms with Gasteiger partial charge in [0.05, 0.1) is 7.11 Å². The number of amides is 1. The van der Waals surface area contributed by atoms with Gasteiger partial charge in [0.25, 0.3) is 0 Å². The number of ether oxygens (including phenoxy) is 2. The summed E-state index contributed by atoms with van der Waals surface area (Å²) in [7, 11) is 1.58. The van der Waals surface area contributed by atoms with Crippen molar-refractivity contribution < 1.29 is 19.4 Å². The zero-order chi connectivity index (χ0) is 17.9. The van der Waals surface area contributed by atoms with Crippen molar-refractivity contribution in [1.82, 2.24) is 4.90 Å². The van der Waals surface area contributed by atoms with Gasteiger partial charge in [-0.25, -0.2) is 0 Å². The van der Waals surface area contributed by atoms with E-state index in [1.165, 1.54) is 0 Å². The van der Waals surface area contributed by atoms with Gasteiger partial charge < -0.3 is 25.2 Å². The molecule has 6 heteroatoms. The molecule has 6 nitrogen and oxygen atoms in total. The largest absolute Gasteiger partial charge is 0.493 e. The van der Waals surface area contributed by atoms with Crippen molar-refractivity contribution in [3.05, 3.63) is 23.3 Å². The molecule has 2 unspecified atom stereocenters. The van der Waals surface area contributed by atoms with Crippen LogP contribution < -0.4 is 15.2 Å². The van der Waals surface area contributed by atoms with E-state index < -0.39 is 6.10 Å². The van der Waals surface area contributed by atoms with Crippen molar-refractivity contribution in [2.75, 3.05) is 20.3 Å². The summed E-state index contributed by atoms with van der Waals surface area (Å²) in [6.07, 6.45) is 0.0440. The fourth-order valence-electron chi connectivity index (χ4n) is 2.84. The third-order valence-corrected chi connectivity index (χ3v) is 4.57. The van der Waals surface area contributed by atoms with E-state index in [-0.39, 0.29) is 24.5 Å². The molecule has 0 saturated carbocycles. The normalized spacial score (nSPS) is 16.5. The van der Waals surface area contributed by atoms with E-state index >= 15 is 0 Å². The average Bonchev–Trinajstić information content (AvgIpc) is 2.57. The third kappa shape index (κ3) is 4.19. The molecule has 1 aliphatic rings. The third-order valence-electron chi connectivity index (χ3n) is 4.57. The number of fused-ring (bicyclic) bond motifs is 1. The molecule has 1 heterocycles. The Kier molecular flexibility index (Phi) is 6.07. The second-order valence-corrected chi connectivity index (χ2v) is 6.66. The first-order valence-corrected chi connectivity index (χ1v) is 8.35. The van der Waals surface area contributed by atoms with Gasteiger partial charge >= 0.3 is 0 Å². The number of nitrogens with zero attached hydrogens (tertiary/aromatic N) is 1. The van der Waals surface area contributed by atoms with Gasteiger partial charge in [-0.3, -0.25) is 4.79 Å². The first kappa shape index (κ1) is 18.5. The number of aliphatic hydroxyl groups is 1. The lowest BCUT2D eigenvalue weighted by Crippen LogP contribution is -2.42. The second kappa shape index (κ2) is 7.85. The summed E-state index contributed by atoms with van der Waals surface area (Å²) in [4.78, 5) is 13.4. The van der Waals surface area contributed by atoms with Crippen LogP contribution in [0.15, 0.2) is 12.1 Å². The van der Waals surface area contributed by atoms with Gasteiger partial charge in [0.15, 0.2) is 11.5 Å². The molecule has 0 aromatic heterocycles. The SMILES string of the molecule is COc1cc2c(cc1OCC(O)C(N)C(C)C)CCN(C(C)=O)C2. The molecule has 0 fully saturated rings. The number of hydrogen-bond acceptors (Lipinski definition) is 5. The maximum absolute atomic E-state index is 11.6. The molecule has 0 aliphatic carbocycles. The van der Waals surface area contributed by atoms with E-state index in [4.69, 9.17) is 15.2 Å². The van der Waals surface area contributed by atoms with E-state index in [9.17, 15) is 9.90 Å². The molecule has 0 saturated heterocycles. The van der Waals surface area contributed by atoms with Gasteiger partial charge in [0.2, 0.25) is 5.91 Å². The zero-order valence-corrected chi connectivity index (χ0v) is 14.9. The topological polar surface area (TPSA) is 85.0 Å². The number of carbonyl (C=O) groups is 1. The molecule has 0 radical (unpaired) electrons. The Balaban J connectivity index is 2.13. The molecule has 1 aliphatic heterocycles. The summed E-state index contributed by atoms with van der Waals surface area (Å²) in [6, 6.07) is 3.52. The second-order valence-electron chi connectivity index (χ2n) is 6.66. The highest BCUT2D eigenvalue weighted by Crippen LogP contribution is 2.33. The molecule has 24 heavy (non-hydrogen) atoms. The standard InChI is InChI=1S/C18H28N2O4/c1-11(2)18(19)15(22)10-24-17-7-13-5-6-20(12(3)21)9-14(13)8-16(17)23-4/h7-8,11,15,18,22H,5-6,9-10,19H2,1-4H3. The lowest BCUT2D eigenvalue weighted by Gasteiger charge is -2.29. The summed E-state index contributed by atoms with van der Waals surface area (Å²) in [5, 5.41) is 10.1. The van der Waals surface area contributed by atoms with Gasteiger partial charge in [-0.1, -0.05) is 13.8 Å². The fraction of sp³-hybridized carbons (Fsp3) is 0.611. The van der Waals surface area contributed by atoms with Crippen molar-refractivity contribution in [2.45, 2.75) is 45.9 Å². The highest BCUT2D eigenvalue weighted by molar-refractivity contribution is 5.73. The van der Waals surface area contributed by atoms with Crippen LogP contribution in [0.25, 0.3) is 0 Å². The van der Waals surface area contributed by atoms with Crippen LogP contribution in [0.3, 0.4) is 0 Å². The first-order chi connectivity index (χ1) is 11.3. The minimum absolute atomic E-state index is 0.0748. The number of methoxy groups -OCH3 is 1. The molecule has 2 atom stereocenters. The number of nitrogens with two attached hydrogens (primary N) is 1. The molecule has 2 rings (SSSR count). The van der Waals surface area contributed by atoms with Gasteiger partial charge in [0, 0.05) is 26.1 Å². The molecule has 0 bridgehead atoms. The van der Waals surface area contributed by atoms with Gasteiger partial charge in [0.1, 0.15) is 12.7 Å². The Morgan fingerprint density at radius 1 is 1.33 bits per heavy atom. The number of aliphatic hydroxyl groups excluding tert-OH is 1. The van der Waals surface area contributed by atoms with E-state index in [1.54, 1.807) is 14.0 Å². The van der Waals surface area contributed by atoms with Gasteiger partial charge in [-0.15, -0.1) is 0 Å². The minimum Gasteiger partial charge on any atom is -0.493 e. The van der Waals surface area contributed by atoms with E-state index in [0.717, 1.165) is 17.5 Å². The Bertz CT molecular complexity index is 589. The van der Waals surface area contributed by atoms with Crippen LogP contribution in [0.5, 0.6) is 11.5 Å². The van der Waals surface area contributed by atoms with Crippen molar-refractivity contribution in [3.8, 4) is 11.5 Å². The lowest BCUT2D eigenvalue weighted by atomic mass is 9.98. The number of hydrogen-bond donors (Lipinski definition) is 2. The monoisotopic (exact) mass is 336 g/mol. The van der Waals surface area contributed by atoms with Crippen molar-refractivity contribution >= 4 is 5.91 Å². The Morgan fingerprint density at radius 2 is 2.00 bits per heavy atom. The Labute approximate surface area is 143 Å². The molecular weight excluding hydrogens is 308 g/mol. The van der Waals surface area contributed by atoms with Gasteiger partial charge in [-0.2, -0.15) is 0 Å². The van der Waals surface area contributed by atoms with Crippen molar-refractivity contribution in [2.24, 2.45) is 11.7 Å². The van der Waals surface area contributed by atoms with Crippen molar-refractivity contribution in [3.63, 3.8) is 0 Å². The van der Waals surface area contributed by atoms with Crippen LogP contribution in [0, 0.1) is 5.92 Å². The van der Waals surface area contributed by atoms with Crippen LogP contribution >= 0.6 is 0 Å². The number of rotatable bonds is 6. The highest BCUT2D eigenvalue weighted by atomic mass is 16.5. The van der Waals surface area contributed by atoms with E-state index in [0.29, 0.717) is 24.6 Å². The summed E-state index contributed by atoms with van der Waals surface area (Å²) in [6.45, 7) is 6.92.